The first-order chi connectivity index (χ1) is 6.61. The van der Waals surface area contributed by atoms with Crippen molar-refractivity contribution in [1.29, 1.82) is 0 Å². The quantitative estimate of drug-likeness (QED) is 0.652. The van der Waals surface area contributed by atoms with Crippen molar-refractivity contribution in [3.05, 3.63) is 40.0 Å². The van der Waals surface area contributed by atoms with E-state index in [-0.39, 0.29) is 22.3 Å². The van der Waals surface area contributed by atoms with Crippen LogP contribution >= 0.6 is 0 Å². The number of fused-ring (bicyclic) bond motifs is 1. The first-order valence-corrected chi connectivity index (χ1v) is 4.02. The second kappa shape index (κ2) is 2.83. The Labute approximate surface area is 78.4 Å². The number of rotatable bonds is 0. The molecule has 0 aliphatic rings. The molecule has 0 spiro atoms. The molecule has 0 unspecified atom stereocenters. The summed E-state index contributed by atoms with van der Waals surface area (Å²) in [5.74, 6) is -0.957. The Balaban J connectivity index is 3.07. The highest BCUT2D eigenvalue weighted by Gasteiger charge is 2.13. The van der Waals surface area contributed by atoms with E-state index < -0.39 is 11.4 Å². The molecule has 0 aliphatic carbocycles. The van der Waals surface area contributed by atoms with Crippen LogP contribution in [-0.4, -0.2) is 5.11 Å². The van der Waals surface area contributed by atoms with Crippen molar-refractivity contribution in [2.24, 2.45) is 0 Å². The summed E-state index contributed by atoms with van der Waals surface area (Å²) in [4.78, 5) is 11.1. The molecule has 0 saturated heterocycles. The topological polar surface area (TPSA) is 50.4 Å². The molecular weight excluding hydrogens is 187 g/mol. The third-order valence-corrected chi connectivity index (χ3v) is 2.06. The predicted octanol–water partition coefficient (Wildman–Crippen LogP) is 1.95. The maximum Gasteiger partial charge on any atom is 0.342 e. The van der Waals surface area contributed by atoms with Crippen molar-refractivity contribution in [3.63, 3.8) is 0 Å². The highest BCUT2D eigenvalue weighted by atomic mass is 19.1. The van der Waals surface area contributed by atoms with E-state index in [0.29, 0.717) is 0 Å². The summed E-state index contributed by atoms with van der Waals surface area (Å²) in [6.07, 6.45) is 0. The zero-order valence-electron chi connectivity index (χ0n) is 7.37. The zero-order chi connectivity index (χ0) is 10.3. The molecule has 1 aromatic heterocycles. The number of phenols is 1. The van der Waals surface area contributed by atoms with Gasteiger partial charge in [-0.2, -0.15) is 0 Å². The largest absolute Gasteiger partial charge is 0.507 e. The molecule has 0 saturated carbocycles. The van der Waals surface area contributed by atoms with Crippen LogP contribution in [-0.2, 0) is 0 Å². The van der Waals surface area contributed by atoms with Gasteiger partial charge in [-0.1, -0.05) is 6.07 Å². The van der Waals surface area contributed by atoms with Crippen LogP contribution in [0.15, 0.2) is 27.4 Å². The van der Waals surface area contributed by atoms with E-state index in [1.54, 1.807) is 0 Å². The van der Waals surface area contributed by atoms with Crippen LogP contribution in [0, 0.1) is 12.7 Å². The fraction of sp³-hybridized carbons (Fsp3) is 0.100. The molecule has 72 valence electrons. The van der Waals surface area contributed by atoms with Crippen molar-refractivity contribution < 1.29 is 13.9 Å². The lowest BCUT2D eigenvalue weighted by atomic mass is 10.1. The van der Waals surface area contributed by atoms with E-state index in [1.165, 1.54) is 25.1 Å². The molecule has 0 radical (unpaired) electrons. The third kappa shape index (κ3) is 1.08. The average molecular weight is 194 g/mol. The normalized spacial score (nSPS) is 10.7. The van der Waals surface area contributed by atoms with Gasteiger partial charge in [0.2, 0.25) is 0 Å². The monoisotopic (exact) mass is 194 g/mol. The van der Waals surface area contributed by atoms with Gasteiger partial charge in [0.25, 0.3) is 0 Å². The van der Waals surface area contributed by atoms with Crippen LogP contribution < -0.4 is 5.63 Å². The maximum atomic E-state index is 13.5. The smallest absolute Gasteiger partial charge is 0.342 e. The molecule has 3 nitrogen and oxygen atoms in total. The summed E-state index contributed by atoms with van der Waals surface area (Å²) < 4.78 is 18.3. The minimum absolute atomic E-state index is 0.0513. The third-order valence-electron chi connectivity index (χ3n) is 2.06. The molecule has 4 heteroatoms. The lowest BCUT2D eigenvalue weighted by Crippen LogP contribution is -2.06. The number of phenolic OH excluding ortho intramolecular Hbond substituents is 1. The van der Waals surface area contributed by atoms with Gasteiger partial charge in [0.1, 0.15) is 17.1 Å². The minimum atomic E-state index is -0.727. The van der Waals surface area contributed by atoms with Crippen molar-refractivity contribution in [1.82, 2.24) is 0 Å². The van der Waals surface area contributed by atoms with Crippen molar-refractivity contribution in [2.75, 3.05) is 0 Å². The lowest BCUT2D eigenvalue weighted by Gasteiger charge is -2.02. The number of halogens is 1. The molecule has 14 heavy (non-hydrogen) atoms. The summed E-state index contributed by atoms with van der Waals surface area (Å²) in [6, 6.07) is 4.25. The van der Waals surface area contributed by atoms with E-state index in [9.17, 15) is 14.3 Å². The zero-order valence-corrected chi connectivity index (χ0v) is 7.37. The van der Waals surface area contributed by atoms with Gasteiger partial charge in [-0.25, -0.2) is 9.18 Å². The SMILES string of the molecule is Cc1c(F)c2c(O)cccc2oc1=O. The van der Waals surface area contributed by atoms with Gasteiger partial charge < -0.3 is 9.52 Å². The Morgan fingerprint density at radius 2 is 2.14 bits per heavy atom. The molecule has 0 atom stereocenters. The van der Waals surface area contributed by atoms with Crippen LogP contribution in [0.1, 0.15) is 5.56 Å². The van der Waals surface area contributed by atoms with Crippen molar-refractivity contribution in [2.45, 2.75) is 6.92 Å². The summed E-state index contributed by atoms with van der Waals surface area (Å²) in [6.45, 7) is 1.31. The Bertz CT molecular complexity index is 557. The highest BCUT2D eigenvalue weighted by Crippen LogP contribution is 2.26. The molecular formula is C10H7FO3. The number of benzene rings is 1. The first-order valence-electron chi connectivity index (χ1n) is 4.02. The van der Waals surface area contributed by atoms with Gasteiger partial charge in [0.15, 0.2) is 0 Å². The Hall–Kier alpha value is -1.84. The Morgan fingerprint density at radius 3 is 2.86 bits per heavy atom. The first kappa shape index (κ1) is 8.74. The van der Waals surface area contributed by atoms with E-state index in [4.69, 9.17) is 4.42 Å². The fourth-order valence-corrected chi connectivity index (χ4v) is 1.28. The molecule has 0 amide bonds. The Morgan fingerprint density at radius 1 is 1.43 bits per heavy atom. The molecule has 0 aliphatic heterocycles. The number of hydrogen-bond donors (Lipinski definition) is 1. The van der Waals surface area contributed by atoms with E-state index in [1.807, 2.05) is 0 Å². The second-order valence-electron chi connectivity index (χ2n) is 2.98. The minimum Gasteiger partial charge on any atom is -0.507 e. The fourth-order valence-electron chi connectivity index (χ4n) is 1.28. The highest BCUT2D eigenvalue weighted by molar-refractivity contribution is 5.84. The molecule has 0 fully saturated rings. The second-order valence-corrected chi connectivity index (χ2v) is 2.98. The van der Waals surface area contributed by atoms with Crippen molar-refractivity contribution >= 4 is 11.0 Å². The number of aromatic hydroxyl groups is 1. The summed E-state index contributed by atoms with van der Waals surface area (Å²) in [5.41, 5.74) is -0.794. The van der Waals surface area contributed by atoms with Gasteiger partial charge in [0, 0.05) is 0 Å². The molecule has 2 rings (SSSR count). The Kier molecular flexibility index (Phi) is 1.77. The van der Waals surface area contributed by atoms with Crippen LogP contribution in [0.4, 0.5) is 4.39 Å². The van der Waals surface area contributed by atoms with E-state index >= 15 is 0 Å². The van der Waals surface area contributed by atoms with Crippen molar-refractivity contribution in [3.8, 4) is 5.75 Å². The standard InChI is InChI=1S/C10H7FO3/c1-5-9(11)8-6(12)3-2-4-7(8)14-10(5)13/h2-4,12H,1H3. The number of hydrogen-bond acceptors (Lipinski definition) is 3. The molecule has 1 heterocycles. The van der Waals surface area contributed by atoms with Gasteiger partial charge in [0.05, 0.1) is 10.9 Å². The van der Waals surface area contributed by atoms with Crippen LogP contribution in [0.2, 0.25) is 0 Å². The van der Waals surface area contributed by atoms with Crippen LogP contribution in [0.25, 0.3) is 11.0 Å². The molecule has 0 bridgehead atoms. The molecule has 1 N–H and O–H groups in total. The van der Waals surface area contributed by atoms with Crippen LogP contribution in [0.5, 0.6) is 5.75 Å². The lowest BCUT2D eigenvalue weighted by molar-refractivity contribution is 0.471. The van der Waals surface area contributed by atoms with Crippen LogP contribution in [0.3, 0.4) is 0 Å². The van der Waals surface area contributed by atoms with Gasteiger partial charge in [-0.15, -0.1) is 0 Å². The molecule has 1 aromatic carbocycles. The van der Waals surface area contributed by atoms with E-state index in [0.717, 1.165) is 0 Å². The predicted molar refractivity (Wildman–Crippen MR) is 48.8 cm³/mol. The summed E-state index contributed by atoms with van der Waals surface area (Å²) in [5, 5.41) is 9.31. The molecule has 2 aromatic rings. The van der Waals surface area contributed by atoms with Gasteiger partial charge >= 0.3 is 5.63 Å². The summed E-state index contributed by atoms with van der Waals surface area (Å²) in [7, 11) is 0. The van der Waals surface area contributed by atoms with E-state index in [2.05, 4.69) is 0 Å². The average Bonchev–Trinajstić information content (AvgIpc) is 2.14. The van der Waals surface area contributed by atoms with Gasteiger partial charge in [-0.05, 0) is 19.1 Å². The van der Waals surface area contributed by atoms with Gasteiger partial charge in [-0.3, -0.25) is 0 Å². The maximum absolute atomic E-state index is 13.5. The summed E-state index contributed by atoms with van der Waals surface area (Å²) >= 11 is 0.